The number of hydrogen-bond donors (Lipinski definition) is 1. The van der Waals surface area contributed by atoms with E-state index in [9.17, 15) is 0 Å². The van der Waals surface area contributed by atoms with Crippen molar-refractivity contribution in [1.29, 1.82) is 0 Å². The van der Waals surface area contributed by atoms with E-state index in [1.807, 2.05) is 24.5 Å². The minimum atomic E-state index is 0. The van der Waals surface area contributed by atoms with E-state index in [0.29, 0.717) is 5.92 Å². The van der Waals surface area contributed by atoms with E-state index in [1.54, 1.807) is 0 Å². The first-order valence-corrected chi connectivity index (χ1v) is 4.38. The molecule has 1 rings (SSSR count). The molecule has 0 atom stereocenters. The standard InChI is InChI=1S/C10H16N2.2ClH/c1-9(2)7-12-8-10-3-5-11-6-4-10;;/h3-6,9,12H,7-8H2,1-2H3;2*1H. The van der Waals surface area contributed by atoms with Gasteiger partial charge in [-0.1, -0.05) is 13.8 Å². The predicted molar refractivity (Wildman–Crippen MR) is 65.3 cm³/mol. The number of halogens is 2. The van der Waals surface area contributed by atoms with Gasteiger partial charge in [-0.3, -0.25) is 4.98 Å². The van der Waals surface area contributed by atoms with Gasteiger partial charge in [0.05, 0.1) is 0 Å². The Morgan fingerprint density at radius 3 is 2.29 bits per heavy atom. The Balaban J connectivity index is 0. The van der Waals surface area contributed by atoms with Gasteiger partial charge in [0.15, 0.2) is 0 Å². The molecule has 0 unspecified atom stereocenters. The summed E-state index contributed by atoms with van der Waals surface area (Å²) >= 11 is 0. The molecule has 0 bridgehead atoms. The molecule has 0 radical (unpaired) electrons. The van der Waals surface area contributed by atoms with Crippen LogP contribution in [-0.4, -0.2) is 11.5 Å². The van der Waals surface area contributed by atoms with E-state index in [-0.39, 0.29) is 24.8 Å². The highest BCUT2D eigenvalue weighted by Gasteiger charge is 1.93. The molecule has 2 nitrogen and oxygen atoms in total. The van der Waals surface area contributed by atoms with Crippen LogP contribution in [0.1, 0.15) is 19.4 Å². The number of hydrogen-bond acceptors (Lipinski definition) is 2. The fourth-order valence-corrected chi connectivity index (χ4v) is 1.01. The normalized spacial score (nSPS) is 9.07. The van der Waals surface area contributed by atoms with E-state index >= 15 is 0 Å². The Morgan fingerprint density at radius 1 is 1.21 bits per heavy atom. The van der Waals surface area contributed by atoms with Crippen LogP contribution in [-0.2, 0) is 6.54 Å². The van der Waals surface area contributed by atoms with Crippen LogP contribution >= 0.6 is 24.8 Å². The zero-order chi connectivity index (χ0) is 8.81. The lowest BCUT2D eigenvalue weighted by molar-refractivity contribution is 0.552. The van der Waals surface area contributed by atoms with Gasteiger partial charge in [0, 0.05) is 18.9 Å². The zero-order valence-corrected chi connectivity index (χ0v) is 10.2. The molecule has 1 aromatic heterocycles. The third kappa shape index (κ3) is 7.13. The van der Waals surface area contributed by atoms with Gasteiger partial charge in [0.1, 0.15) is 0 Å². The van der Waals surface area contributed by atoms with Crippen molar-refractivity contribution in [2.75, 3.05) is 6.54 Å². The minimum Gasteiger partial charge on any atom is -0.312 e. The molecule has 1 aromatic rings. The second-order valence-corrected chi connectivity index (χ2v) is 3.38. The Bertz CT molecular complexity index is 215. The largest absolute Gasteiger partial charge is 0.312 e. The van der Waals surface area contributed by atoms with Gasteiger partial charge in [-0.15, -0.1) is 24.8 Å². The van der Waals surface area contributed by atoms with Crippen LogP contribution in [0.15, 0.2) is 24.5 Å². The highest BCUT2D eigenvalue weighted by Crippen LogP contribution is 1.95. The molecule has 0 saturated carbocycles. The lowest BCUT2D eigenvalue weighted by atomic mass is 10.2. The molecule has 0 aliphatic heterocycles. The van der Waals surface area contributed by atoms with Crippen molar-refractivity contribution >= 4 is 24.8 Å². The molecule has 0 amide bonds. The van der Waals surface area contributed by atoms with Crippen molar-refractivity contribution in [2.45, 2.75) is 20.4 Å². The first kappa shape index (κ1) is 16.1. The second-order valence-electron chi connectivity index (χ2n) is 3.38. The Morgan fingerprint density at radius 2 is 1.79 bits per heavy atom. The average molecular weight is 237 g/mol. The topological polar surface area (TPSA) is 24.9 Å². The van der Waals surface area contributed by atoms with Gasteiger partial charge < -0.3 is 5.32 Å². The second kappa shape index (κ2) is 9.25. The molecule has 82 valence electrons. The molecule has 0 aliphatic rings. The third-order valence-corrected chi connectivity index (χ3v) is 1.63. The quantitative estimate of drug-likeness (QED) is 0.870. The smallest absolute Gasteiger partial charge is 0.0271 e. The Kier molecular flexibility index (Phi) is 10.7. The first-order chi connectivity index (χ1) is 5.79. The molecule has 1 N–H and O–H groups in total. The summed E-state index contributed by atoms with van der Waals surface area (Å²) in [6.07, 6.45) is 3.65. The summed E-state index contributed by atoms with van der Waals surface area (Å²) in [6, 6.07) is 4.07. The SMILES string of the molecule is CC(C)CNCc1ccncc1.Cl.Cl. The molecular formula is C10H18Cl2N2. The summed E-state index contributed by atoms with van der Waals surface area (Å²) in [4.78, 5) is 3.96. The van der Waals surface area contributed by atoms with E-state index in [1.165, 1.54) is 5.56 Å². The van der Waals surface area contributed by atoms with Crippen molar-refractivity contribution in [3.05, 3.63) is 30.1 Å². The van der Waals surface area contributed by atoms with E-state index in [0.717, 1.165) is 13.1 Å². The summed E-state index contributed by atoms with van der Waals surface area (Å²) in [5.41, 5.74) is 1.30. The Labute approximate surface area is 98.3 Å². The van der Waals surface area contributed by atoms with Crippen LogP contribution in [0, 0.1) is 5.92 Å². The van der Waals surface area contributed by atoms with Crippen LogP contribution in [0.5, 0.6) is 0 Å². The average Bonchev–Trinajstić information content (AvgIpc) is 2.05. The number of aromatic nitrogens is 1. The number of rotatable bonds is 4. The maximum Gasteiger partial charge on any atom is 0.0271 e. The summed E-state index contributed by atoms with van der Waals surface area (Å²) in [7, 11) is 0. The number of nitrogens with one attached hydrogen (secondary N) is 1. The van der Waals surface area contributed by atoms with Crippen LogP contribution in [0.4, 0.5) is 0 Å². The van der Waals surface area contributed by atoms with Crippen LogP contribution in [0.25, 0.3) is 0 Å². The van der Waals surface area contributed by atoms with E-state index in [2.05, 4.69) is 24.1 Å². The van der Waals surface area contributed by atoms with E-state index in [4.69, 9.17) is 0 Å². The lowest BCUT2D eigenvalue weighted by Gasteiger charge is -2.06. The summed E-state index contributed by atoms with van der Waals surface area (Å²) < 4.78 is 0. The maximum atomic E-state index is 3.96. The van der Waals surface area contributed by atoms with Crippen LogP contribution in [0.3, 0.4) is 0 Å². The van der Waals surface area contributed by atoms with Crippen molar-refractivity contribution in [2.24, 2.45) is 5.92 Å². The fourth-order valence-electron chi connectivity index (χ4n) is 1.01. The molecule has 0 spiro atoms. The van der Waals surface area contributed by atoms with Crippen molar-refractivity contribution in [1.82, 2.24) is 10.3 Å². The van der Waals surface area contributed by atoms with Gasteiger partial charge in [0.25, 0.3) is 0 Å². The molecule has 4 heteroatoms. The highest BCUT2D eigenvalue weighted by molar-refractivity contribution is 5.85. The van der Waals surface area contributed by atoms with Gasteiger partial charge in [0.2, 0.25) is 0 Å². The summed E-state index contributed by atoms with van der Waals surface area (Å²) in [5, 5.41) is 3.37. The Hall–Kier alpha value is -0.310. The van der Waals surface area contributed by atoms with Gasteiger partial charge in [-0.05, 0) is 30.2 Å². The van der Waals surface area contributed by atoms with Crippen molar-refractivity contribution < 1.29 is 0 Å². The summed E-state index contributed by atoms with van der Waals surface area (Å²) in [6.45, 7) is 6.43. The monoisotopic (exact) mass is 236 g/mol. The molecule has 0 aromatic carbocycles. The van der Waals surface area contributed by atoms with Crippen molar-refractivity contribution in [3.63, 3.8) is 0 Å². The van der Waals surface area contributed by atoms with Gasteiger partial charge in [-0.2, -0.15) is 0 Å². The van der Waals surface area contributed by atoms with Crippen LogP contribution < -0.4 is 5.32 Å². The third-order valence-electron chi connectivity index (χ3n) is 1.63. The molecule has 0 saturated heterocycles. The van der Waals surface area contributed by atoms with Gasteiger partial charge in [-0.25, -0.2) is 0 Å². The summed E-state index contributed by atoms with van der Waals surface area (Å²) in [5.74, 6) is 0.715. The molecule has 14 heavy (non-hydrogen) atoms. The minimum absolute atomic E-state index is 0. The van der Waals surface area contributed by atoms with Crippen molar-refractivity contribution in [3.8, 4) is 0 Å². The molecule has 0 aliphatic carbocycles. The number of pyridine rings is 1. The van der Waals surface area contributed by atoms with Crippen LogP contribution in [0.2, 0.25) is 0 Å². The maximum absolute atomic E-state index is 3.96. The fraction of sp³-hybridized carbons (Fsp3) is 0.500. The molecule has 1 heterocycles. The molecule has 0 fully saturated rings. The lowest BCUT2D eigenvalue weighted by Crippen LogP contribution is -2.18. The zero-order valence-electron chi connectivity index (χ0n) is 8.56. The number of nitrogens with zero attached hydrogens (tertiary/aromatic N) is 1. The first-order valence-electron chi connectivity index (χ1n) is 4.38. The highest BCUT2D eigenvalue weighted by atomic mass is 35.5. The predicted octanol–water partition coefficient (Wildman–Crippen LogP) is 2.67. The van der Waals surface area contributed by atoms with E-state index < -0.39 is 0 Å². The molecular weight excluding hydrogens is 219 g/mol. The van der Waals surface area contributed by atoms with Gasteiger partial charge >= 0.3 is 0 Å².